The Morgan fingerprint density at radius 1 is 1.41 bits per heavy atom. The van der Waals surface area contributed by atoms with Crippen molar-refractivity contribution < 1.29 is 18.1 Å². The Morgan fingerprint density at radius 2 is 2.26 bits per heavy atom. The van der Waals surface area contributed by atoms with Crippen LogP contribution in [0.1, 0.15) is 48.0 Å². The molecule has 2 aliphatic rings. The topological polar surface area (TPSA) is 96.2 Å². The molecule has 1 unspecified atom stereocenters. The fraction of sp³-hybridized carbons (Fsp3) is 0.625. The highest BCUT2D eigenvalue weighted by Gasteiger charge is 2.39. The summed E-state index contributed by atoms with van der Waals surface area (Å²) in [5, 5.41) is 9.65. The van der Waals surface area contributed by atoms with Crippen LogP contribution in [0, 0.1) is 0 Å². The molecule has 1 aliphatic heterocycles. The van der Waals surface area contributed by atoms with E-state index in [0.717, 1.165) is 10.6 Å². The maximum absolute atomic E-state index is 13.6. The van der Waals surface area contributed by atoms with Gasteiger partial charge in [0, 0.05) is 43.6 Å². The van der Waals surface area contributed by atoms with Crippen molar-refractivity contribution in [3.63, 3.8) is 0 Å². The Labute approximate surface area is 158 Å². The van der Waals surface area contributed by atoms with Crippen molar-refractivity contribution in [3.8, 4) is 0 Å². The van der Waals surface area contributed by atoms with Crippen LogP contribution in [0.5, 0.6) is 0 Å². The molecule has 1 fully saturated rings. The van der Waals surface area contributed by atoms with Gasteiger partial charge in [0.2, 0.25) is 5.92 Å². The molecule has 1 atom stereocenters. The minimum Gasteiger partial charge on any atom is -0.341 e. The van der Waals surface area contributed by atoms with Crippen molar-refractivity contribution in [1.82, 2.24) is 20.4 Å². The normalized spacial score (nSPS) is 21.6. The van der Waals surface area contributed by atoms with Crippen LogP contribution in [0.4, 0.5) is 24.7 Å². The standard InChI is InChI=1S/C16H20F2N6O2S/c1-19-13(25)22-14-20-10-4-6-24(8-11(10)27-14)15-21-12(23-26-15)9-3-2-5-16(17,18)7-9/h9H,2-8H2,1H3,(H2,19,20,22,25). The smallest absolute Gasteiger partial charge is 0.324 e. The van der Waals surface area contributed by atoms with Gasteiger partial charge in [-0.15, -0.1) is 0 Å². The molecule has 2 aromatic heterocycles. The van der Waals surface area contributed by atoms with Crippen LogP contribution in [0.3, 0.4) is 0 Å². The van der Waals surface area contributed by atoms with Crippen molar-refractivity contribution in [2.75, 3.05) is 23.8 Å². The van der Waals surface area contributed by atoms with E-state index in [1.54, 1.807) is 7.05 Å². The van der Waals surface area contributed by atoms with Gasteiger partial charge >= 0.3 is 12.0 Å². The van der Waals surface area contributed by atoms with Crippen LogP contribution in [-0.4, -0.2) is 40.7 Å². The van der Waals surface area contributed by atoms with Gasteiger partial charge in [0.1, 0.15) is 0 Å². The van der Waals surface area contributed by atoms with Crippen LogP contribution >= 0.6 is 11.3 Å². The number of carbonyl (C=O) groups is 1. The molecule has 3 heterocycles. The SMILES string of the molecule is CNC(=O)Nc1nc2c(s1)CN(c1nc(C3CCCC(F)(F)C3)no1)CC2. The van der Waals surface area contributed by atoms with Crippen molar-refractivity contribution in [3.05, 3.63) is 16.4 Å². The summed E-state index contributed by atoms with van der Waals surface area (Å²) in [4.78, 5) is 23.2. The van der Waals surface area contributed by atoms with Gasteiger partial charge in [-0.05, 0) is 12.8 Å². The van der Waals surface area contributed by atoms with Gasteiger partial charge in [-0.25, -0.2) is 18.6 Å². The number of amides is 2. The van der Waals surface area contributed by atoms with Crippen LogP contribution in [-0.2, 0) is 13.0 Å². The molecule has 146 valence electrons. The minimum absolute atomic E-state index is 0.0685. The molecule has 4 rings (SSSR count). The molecule has 2 aromatic rings. The number of halogens is 2. The van der Waals surface area contributed by atoms with E-state index < -0.39 is 5.92 Å². The second-order valence-electron chi connectivity index (χ2n) is 6.85. The Kier molecular flexibility index (Phi) is 4.70. The summed E-state index contributed by atoms with van der Waals surface area (Å²) < 4.78 is 32.7. The maximum Gasteiger partial charge on any atom is 0.324 e. The average Bonchev–Trinajstić information content (AvgIpc) is 3.26. The molecular weight excluding hydrogens is 378 g/mol. The third-order valence-corrected chi connectivity index (χ3v) is 5.88. The molecule has 0 spiro atoms. The fourth-order valence-electron chi connectivity index (χ4n) is 3.48. The first kappa shape index (κ1) is 18.1. The van der Waals surface area contributed by atoms with Crippen LogP contribution < -0.4 is 15.5 Å². The third kappa shape index (κ3) is 3.87. The lowest BCUT2D eigenvalue weighted by Crippen LogP contribution is -2.30. The second kappa shape index (κ2) is 7.02. The summed E-state index contributed by atoms with van der Waals surface area (Å²) in [5.41, 5.74) is 0.939. The number of urea groups is 1. The summed E-state index contributed by atoms with van der Waals surface area (Å²) in [6, 6.07) is 0.0301. The Hall–Kier alpha value is -2.30. The highest BCUT2D eigenvalue weighted by Crippen LogP contribution is 2.41. The summed E-state index contributed by atoms with van der Waals surface area (Å²) in [5.74, 6) is -2.65. The number of thiazole rings is 1. The predicted molar refractivity (Wildman–Crippen MR) is 95.4 cm³/mol. The molecule has 1 aliphatic carbocycles. The number of aromatic nitrogens is 3. The summed E-state index contributed by atoms with van der Waals surface area (Å²) in [6.45, 7) is 1.17. The van der Waals surface area contributed by atoms with Gasteiger partial charge in [-0.1, -0.05) is 16.5 Å². The zero-order chi connectivity index (χ0) is 19.0. The summed E-state index contributed by atoms with van der Waals surface area (Å²) >= 11 is 1.40. The molecule has 0 bridgehead atoms. The largest absolute Gasteiger partial charge is 0.341 e. The van der Waals surface area contributed by atoms with E-state index in [1.807, 2.05) is 4.90 Å². The molecule has 0 aromatic carbocycles. The van der Waals surface area contributed by atoms with Crippen molar-refractivity contribution in [2.45, 2.75) is 50.5 Å². The van der Waals surface area contributed by atoms with Crippen molar-refractivity contribution >= 4 is 28.5 Å². The zero-order valence-electron chi connectivity index (χ0n) is 14.8. The van der Waals surface area contributed by atoms with Crippen LogP contribution in [0.15, 0.2) is 4.52 Å². The van der Waals surface area contributed by atoms with Crippen molar-refractivity contribution in [2.24, 2.45) is 0 Å². The lowest BCUT2D eigenvalue weighted by Gasteiger charge is -2.26. The Balaban J connectivity index is 1.45. The highest BCUT2D eigenvalue weighted by atomic mass is 32.1. The number of rotatable bonds is 3. The van der Waals surface area contributed by atoms with Gasteiger partial charge < -0.3 is 14.7 Å². The minimum atomic E-state index is -2.65. The predicted octanol–water partition coefficient (Wildman–Crippen LogP) is 3.13. The molecule has 0 saturated heterocycles. The lowest BCUT2D eigenvalue weighted by molar-refractivity contribution is -0.0418. The zero-order valence-corrected chi connectivity index (χ0v) is 15.6. The van der Waals surface area contributed by atoms with E-state index >= 15 is 0 Å². The van der Waals surface area contributed by atoms with Gasteiger partial charge in [0.05, 0.1) is 12.2 Å². The van der Waals surface area contributed by atoms with E-state index in [-0.39, 0.29) is 24.8 Å². The van der Waals surface area contributed by atoms with E-state index in [9.17, 15) is 13.6 Å². The molecule has 27 heavy (non-hydrogen) atoms. The number of anilines is 2. The first-order valence-electron chi connectivity index (χ1n) is 8.87. The molecule has 11 heteroatoms. The molecule has 0 radical (unpaired) electrons. The first-order valence-corrected chi connectivity index (χ1v) is 9.69. The van der Waals surface area contributed by atoms with Gasteiger partial charge in [-0.3, -0.25) is 5.32 Å². The molecule has 8 nitrogen and oxygen atoms in total. The fourth-order valence-corrected chi connectivity index (χ4v) is 4.50. The molecule has 2 N–H and O–H groups in total. The quantitative estimate of drug-likeness (QED) is 0.825. The van der Waals surface area contributed by atoms with E-state index in [1.165, 1.54) is 11.3 Å². The number of hydrogen-bond acceptors (Lipinski definition) is 7. The van der Waals surface area contributed by atoms with Gasteiger partial charge in [0.25, 0.3) is 0 Å². The number of alkyl halides is 2. The monoisotopic (exact) mass is 398 g/mol. The molecule has 1 saturated carbocycles. The Bertz CT molecular complexity index is 839. The number of fused-ring (bicyclic) bond motifs is 1. The van der Waals surface area contributed by atoms with E-state index in [2.05, 4.69) is 25.8 Å². The van der Waals surface area contributed by atoms with Crippen LogP contribution in [0.2, 0.25) is 0 Å². The highest BCUT2D eigenvalue weighted by molar-refractivity contribution is 7.15. The third-order valence-electron chi connectivity index (χ3n) is 4.89. The second-order valence-corrected chi connectivity index (χ2v) is 7.93. The number of hydrogen-bond donors (Lipinski definition) is 2. The number of nitrogens with zero attached hydrogens (tertiary/aromatic N) is 4. The summed E-state index contributed by atoms with van der Waals surface area (Å²) in [6.07, 6.45) is 1.51. The molecule has 2 amide bonds. The maximum atomic E-state index is 13.6. The van der Waals surface area contributed by atoms with Crippen molar-refractivity contribution in [1.29, 1.82) is 0 Å². The van der Waals surface area contributed by atoms with Crippen LogP contribution in [0.25, 0.3) is 0 Å². The Morgan fingerprint density at radius 3 is 3.04 bits per heavy atom. The van der Waals surface area contributed by atoms with E-state index in [4.69, 9.17) is 4.52 Å². The van der Waals surface area contributed by atoms with Gasteiger partial charge in [0.15, 0.2) is 11.0 Å². The van der Waals surface area contributed by atoms with Gasteiger partial charge in [-0.2, -0.15) is 4.98 Å². The first-order chi connectivity index (χ1) is 12.9. The lowest BCUT2D eigenvalue weighted by atomic mass is 9.86. The molecular formula is C16H20F2N6O2S. The number of nitrogens with one attached hydrogen (secondary N) is 2. The van der Waals surface area contributed by atoms with E-state index in [0.29, 0.717) is 49.3 Å². The number of carbonyl (C=O) groups excluding carboxylic acids is 1. The summed E-state index contributed by atoms with van der Waals surface area (Å²) in [7, 11) is 1.54. The average molecular weight is 398 g/mol.